The van der Waals surface area contributed by atoms with Crippen LogP contribution in [0.3, 0.4) is 0 Å². The molecule has 0 bridgehead atoms. The van der Waals surface area contributed by atoms with Gasteiger partial charge in [0.1, 0.15) is 11.6 Å². The molecule has 0 aromatic heterocycles. The Morgan fingerprint density at radius 1 is 1.12 bits per heavy atom. The Morgan fingerprint density at radius 3 is 1.83 bits per heavy atom. The van der Waals surface area contributed by atoms with Gasteiger partial charge in [0.2, 0.25) is 0 Å². The number of hydrogen-bond donors (Lipinski definition) is 0. The Labute approximate surface area is 129 Å². The Kier molecular flexibility index (Phi) is 5.46. The molecule has 0 aliphatic carbocycles. The van der Waals surface area contributed by atoms with Crippen molar-refractivity contribution in [2.45, 2.75) is 17.1 Å². The van der Waals surface area contributed by atoms with Crippen LogP contribution >= 0.6 is 0 Å². The van der Waals surface area contributed by atoms with E-state index in [-0.39, 0.29) is 0 Å². The number of allylic oxidation sites excluding steroid dienone is 1. The fraction of sp³-hybridized carbons (Fsp3) is 0.300. The summed E-state index contributed by atoms with van der Waals surface area (Å²) in [6.45, 7) is 12.3. The van der Waals surface area contributed by atoms with Crippen molar-refractivity contribution in [1.29, 1.82) is 5.26 Å². The molecular formula is C10F6N4O3S-2. The highest BCUT2D eigenvalue weighted by Gasteiger charge is 2.80. The van der Waals surface area contributed by atoms with Gasteiger partial charge in [-0.15, -0.1) is 0 Å². The summed E-state index contributed by atoms with van der Waals surface area (Å²) in [7, 11) is -6.90. The second-order valence-electron chi connectivity index (χ2n) is 3.60. The number of halogens is 6. The summed E-state index contributed by atoms with van der Waals surface area (Å²) in [6, 6.07) is 0.461. The molecule has 0 aromatic rings. The lowest BCUT2D eigenvalue weighted by molar-refractivity contribution is -0.265. The van der Waals surface area contributed by atoms with Gasteiger partial charge in [0.05, 0.1) is 0 Å². The fourth-order valence-electron chi connectivity index (χ4n) is 1.04. The predicted molar refractivity (Wildman–Crippen MR) is 62.7 cm³/mol. The number of hydrogen-bond acceptors (Lipinski definition) is 4. The molecule has 0 fully saturated rings. The molecule has 0 saturated carbocycles. The number of nitriles is 1. The zero-order valence-electron chi connectivity index (χ0n) is 10.7. The van der Waals surface area contributed by atoms with Crippen LogP contribution in [-0.4, -0.2) is 37.2 Å². The number of Topliss-reactive ketones (excluding diaryl/α,β-unsaturated/α-hetero) is 1. The Morgan fingerprint density at radius 2 is 1.54 bits per heavy atom. The lowest BCUT2D eigenvalue weighted by atomic mass is 10.0. The zero-order valence-corrected chi connectivity index (χ0v) is 11.5. The van der Waals surface area contributed by atoms with Gasteiger partial charge in [-0.3, -0.25) is 17.9 Å². The van der Waals surface area contributed by atoms with Crippen LogP contribution in [0.2, 0.25) is 0 Å². The van der Waals surface area contributed by atoms with Crippen LogP contribution in [0.25, 0.3) is 15.1 Å². The lowest BCUT2D eigenvalue weighted by Crippen LogP contribution is -2.61. The minimum Gasteiger partial charge on any atom is -0.762 e. The SMILES string of the molecule is [C-]#[N+][C-]([N+]#[C-])S(=O)(=O)C(F)(F)C(F)(F)C(F)(F)C(=O)C(=C=[N-])C#N. The van der Waals surface area contributed by atoms with Crippen LogP contribution in [-0.2, 0) is 14.6 Å². The molecule has 24 heavy (non-hydrogen) atoms. The first kappa shape index (κ1) is 21.0. The number of ketones is 1. The second kappa shape index (κ2) is 6.24. The number of rotatable bonds is 6. The molecule has 0 rings (SSSR count). The first-order valence-electron chi connectivity index (χ1n) is 4.92. The monoisotopic (exact) mass is 370 g/mol. The van der Waals surface area contributed by atoms with Gasteiger partial charge in [-0.1, -0.05) is 0 Å². The molecule has 0 radical (unpaired) electrons. The van der Waals surface area contributed by atoms with Crippen molar-refractivity contribution < 1.29 is 39.6 Å². The van der Waals surface area contributed by atoms with Crippen molar-refractivity contribution in [3.63, 3.8) is 0 Å². The summed E-state index contributed by atoms with van der Waals surface area (Å²) in [5, 5.41) is 9.54. The van der Waals surface area contributed by atoms with Gasteiger partial charge in [-0.05, 0) is 0 Å². The maximum atomic E-state index is 13.5. The van der Waals surface area contributed by atoms with Crippen molar-refractivity contribution >= 4 is 21.5 Å². The van der Waals surface area contributed by atoms with E-state index in [4.69, 9.17) is 23.8 Å². The average Bonchev–Trinajstić information content (AvgIpc) is 2.48. The maximum Gasteiger partial charge on any atom is 0.431 e. The van der Waals surface area contributed by atoms with Crippen LogP contribution in [0.1, 0.15) is 0 Å². The molecule has 0 N–H and O–H groups in total. The third-order valence-corrected chi connectivity index (χ3v) is 3.86. The molecule has 0 spiro atoms. The van der Waals surface area contributed by atoms with E-state index < -0.39 is 43.8 Å². The average molecular weight is 370 g/mol. The number of nitrogens with zero attached hydrogens (tertiary/aromatic N) is 4. The number of carbonyl (C=O) groups excluding carboxylic acids is 1. The van der Waals surface area contributed by atoms with Crippen molar-refractivity contribution in [3.05, 3.63) is 39.3 Å². The summed E-state index contributed by atoms with van der Waals surface area (Å²) in [5.41, 5.74) is -4.73. The highest BCUT2D eigenvalue weighted by atomic mass is 32.2. The van der Waals surface area contributed by atoms with Gasteiger partial charge in [0.25, 0.3) is 15.6 Å². The first-order valence-corrected chi connectivity index (χ1v) is 6.40. The van der Waals surface area contributed by atoms with E-state index in [1.54, 1.807) is 9.69 Å². The van der Waals surface area contributed by atoms with Crippen LogP contribution in [0.15, 0.2) is 5.57 Å². The fourth-order valence-corrected chi connectivity index (χ4v) is 1.97. The number of alkyl halides is 6. The largest absolute Gasteiger partial charge is 0.762 e. The molecule has 0 aliphatic rings. The minimum absolute atomic E-state index is 0.461. The molecule has 0 aliphatic heterocycles. The molecule has 7 nitrogen and oxygen atoms in total. The van der Waals surface area contributed by atoms with E-state index in [0.717, 1.165) is 0 Å². The summed E-state index contributed by atoms with van der Waals surface area (Å²) >= 11 is 0. The molecule has 0 amide bonds. The first-order chi connectivity index (χ1) is 10.7. The molecular weight excluding hydrogens is 370 g/mol. The van der Waals surface area contributed by atoms with Gasteiger partial charge in [0, 0.05) is 0 Å². The van der Waals surface area contributed by atoms with Gasteiger partial charge in [-0.25, -0.2) is 14.3 Å². The van der Waals surface area contributed by atoms with Crippen molar-refractivity contribution in [2.24, 2.45) is 0 Å². The highest BCUT2D eigenvalue weighted by Crippen LogP contribution is 2.51. The minimum atomic E-state index is -6.98. The van der Waals surface area contributed by atoms with Crippen LogP contribution in [0.4, 0.5) is 26.3 Å². The van der Waals surface area contributed by atoms with Crippen LogP contribution in [0, 0.1) is 30.0 Å². The summed E-state index contributed by atoms with van der Waals surface area (Å²) in [4.78, 5) is 14.4. The normalized spacial score (nSPS) is 12.1. The quantitative estimate of drug-likeness (QED) is 0.234. The Balaban J connectivity index is 6.49. The molecule has 0 saturated heterocycles. The van der Waals surface area contributed by atoms with Crippen LogP contribution in [0.5, 0.6) is 0 Å². The second-order valence-corrected chi connectivity index (χ2v) is 5.49. The molecule has 14 heteroatoms. The van der Waals surface area contributed by atoms with Crippen molar-refractivity contribution in [1.82, 2.24) is 0 Å². The molecule has 0 atom stereocenters. The Hall–Kier alpha value is -3.01. The zero-order chi connectivity index (χ0) is 19.6. The number of carbonyl (C=O) groups is 1. The van der Waals surface area contributed by atoms with Crippen LogP contribution < -0.4 is 0 Å². The topological polar surface area (TPSA) is 106 Å². The van der Waals surface area contributed by atoms with E-state index in [1.807, 2.05) is 0 Å². The van der Waals surface area contributed by atoms with Gasteiger partial charge < -0.3 is 15.1 Å². The number of sulfone groups is 1. The molecule has 0 heterocycles. The highest BCUT2D eigenvalue weighted by molar-refractivity contribution is 7.95. The van der Waals surface area contributed by atoms with E-state index in [0.29, 0.717) is 11.9 Å². The van der Waals surface area contributed by atoms with E-state index in [2.05, 4.69) is 0 Å². The maximum absolute atomic E-state index is 13.5. The van der Waals surface area contributed by atoms with Crippen molar-refractivity contribution in [3.8, 4) is 6.07 Å². The van der Waals surface area contributed by atoms with E-state index in [1.165, 1.54) is 0 Å². The van der Waals surface area contributed by atoms with E-state index in [9.17, 15) is 39.6 Å². The van der Waals surface area contributed by atoms with E-state index >= 15 is 0 Å². The Bertz CT molecular complexity index is 825. The predicted octanol–water partition coefficient (Wildman–Crippen LogP) is 1.81. The summed E-state index contributed by atoms with van der Waals surface area (Å²) in [6.07, 6.45) is 0. The lowest BCUT2D eigenvalue weighted by Gasteiger charge is -2.31. The molecule has 0 aromatic carbocycles. The molecule has 0 unspecified atom stereocenters. The van der Waals surface area contributed by atoms with Gasteiger partial charge >= 0.3 is 22.6 Å². The van der Waals surface area contributed by atoms with Gasteiger partial charge in [-0.2, -0.15) is 31.6 Å². The summed E-state index contributed by atoms with van der Waals surface area (Å²) in [5.74, 6) is -16.4. The standard InChI is InChI=1S/C10F6N4O3S/c1-19-7(20-2)24(22,23)10(15,16)9(13,14)8(11,12)6(21)5(3-17)4-18/q-2. The smallest absolute Gasteiger partial charge is 0.431 e. The van der Waals surface area contributed by atoms with Gasteiger partial charge in [0.15, 0.2) is 0 Å². The third-order valence-electron chi connectivity index (χ3n) is 2.26. The van der Waals surface area contributed by atoms with Crippen molar-refractivity contribution in [2.75, 3.05) is 0 Å². The summed E-state index contributed by atoms with van der Waals surface area (Å²) < 4.78 is 103. The third kappa shape index (κ3) is 2.67. The molecule has 128 valence electrons.